The molecule has 0 unspecified atom stereocenters. The third kappa shape index (κ3) is 6.40. The van der Waals surface area contributed by atoms with Crippen molar-refractivity contribution in [2.45, 2.75) is 63.9 Å². The number of carbonyl (C=O) groups excluding carboxylic acids is 3. The van der Waals surface area contributed by atoms with Gasteiger partial charge in [-0.2, -0.15) is 0 Å². The van der Waals surface area contributed by atoms with E-state index in [1.165, 1.54) is 32.2 Å². The number of amides is 3. The molecule has 2 bridgehead atoms. The minimum atomic E-state index is -1.46. The SMILES string of the molecule is CC[C@]1(C)Oc2cc(ccc2O)[C@@H](O)[C@H](NC)C(=O)N[C@@H](C(C)C)C(=O)N[C@@H]1C(=O)NCC(=O)O. The molecule has 12 nitrogen and oxygen atoms in total. The number of likely N-dealkylation sites (N-methyl/N-ethyl adjacent to an activating group) is 1. The van der Waals surface area contributed by atoms with Gasteiger partial charge in [-0.05, 0) is 44.0 Å². The number of carbonyl (C=O) groups is 4. The number of rotatable bonds is 6. The Bertz CT molecular complexity index is 969. The Morgan fingerprint density at radius 3 is 2.40 bits per heavy atom. The molecule has 1 aliphatic heterocycles. The first-order valence-electron chi connectivity index (χ1n) is 11.3. The van der Waals surface area contributed by atoms with Crippen molar-refractivity contribution in [3.8, 4) is 11.5 Å². The molecule has 1 heterocycles. The first-order chi connectivity index (χ1) is 16.3. The van der Waals surface area contributed by atoms with E-state index in [1.54, 1.807) is 20.8 Å². The number of benzene rings is 1. The molecule has 0 fully saturated rings. The fourth-order valence-corrected chi connectivity index (χ4v) is 3.78. The van der Waals surface area contributed by atoms with Crippen molar-refractivity contribution in [1.29, 1.82) is 0 Å². The topological polar surface area (TPSA) is 186 Å². The molecular weight excluding hydrogens is 460 g/mol. The van der Waals surface area contributed by atoms with E-state index < -0.39 is 66.0 Å². The summed E-state index contributed by atoms with van der Waals surface area (Å²) in [6.45, 7) is 5.93. The number of carboxylic acid groups (broad SMARTS) is 1. The van der Waals surface area contributed by atoms with Crippen molar-refractivity contribution in [3.05, 3.63) is 23.8 Å². The number of hydrogen-bond acceptors (Lipinski definition) is 8. The molecule has 5 atom stereocenters. The molecule has 0 radical (unpaired) electrons. The second-order valence-electron chi connectivity index (χ2n) is 8.99. The Morgan fingerprint density at radius 2 is 1.86 bits per heavy atom. The lowest BCUT2D eigenvalue weighted by Gasteiger charge is -2.37. The number of ether oxygens (including phenoxy) is 1. The number of phenolic OH excluding ortho intramolecular Hbond substituents is 1. The highest BCUT2D eigenvalue weighted by Crippen LogP contribution is 2.35. The van der Waals surface area contributed by atoms with Crippen molar-refractivity contribution >= 4 is 23.7 Å². The van der Waals surface area contributed by atoms with Gasteiger partial charge in [-0.3, -0.25) is 19.2 Å². The van der Waals surface area contributed by atoms with Crippen molar-refractivity contribution < 1.29 is 39.2 Å². The molecule has 0 saturated carbocycles. The van der Waals surface area contributed by atoms with E-state index in [0.29, 0.717) is 0 Å². The molecule has 3 amide bonds. The van der Waals surface area contributed by atoms with Gasteiger partial charge in [0, 0.05) is 0 Å². The summed E-state index contributed by atoms with van der Waals surface area (Å²) >= 11 is 0. The van der Waals surface area contributed by atoms with E-state index in [4.69, 9.17) is 9.84 Å². The van der Waals surface area contributed by atoms with E-state index in [9.17, 15) is 29.4 Å². The number of fused-ring (bicyclic) bond motifs is 2. The summed E-state index contributed by atoms with van der Waals surface area (Å²) in [5.74, 6) is -4.25. The van der Waals surface area contributed by atoms with Crippen LogP contribution in [0.15, 0.2) is 18.2 Å². The summed E-state index contributed by atoms with van der Waals surface area (Å²) in [5, 5.41) is 40.5. The molecule has 0 spiro atoms. The van der Waals surface area contributed by atoms with Crippen molar-refractivity contribution in [1.82, 2.24) is 21.3 Å². The predicted octanol–water partition coefficient (Wildman–Crippen LogP) is -0.599. The molecule has 0 aliphatic carbocycles. The number of phenols is 1. The highest BCUT2D eigenvalue weighted by atomic mass is 16.5. The summed E-state index contributed by atoms with van der Waals surface area (Å²) in [6, 6.07) is 0.425. The molecule has 0 saturated heterocycles. The third-order valence-corrected chi connectivity index (χ3v) is 6.10. The monoisotopic (exact) mass is 494 g/mol. The average molecular weight is 495 g/mol. The number of aromatic hydroxyl groups is 1. The molecule has 0 aromatic heterocycles. The summed E-state index contributed by atoms with van der Waals surface area (Å²) in [4.78, 5) is 50.4. The van der Waals surface area contributed by atoms with E-state index in [1.807, 2.05) is 0 Å². The molecule has 1 aromatic carbocycles. The lowest BCUT2D eigenvalue weighted by molar-refractivity contribution is -0.141. The van der Waals surface area contributed by atoms with Gasteiger partial charge in [0.2, 0.25) is 17.7 Å². The van der Waals surface area contributed by atoms with Crippen LogP contribution in [-0.4, -0.2) is 76.3 Å². The molecular formula is C23H34N4O8. The number of carboxylic acids is 1. The predicted molar refractivity (Wildman–Crippen MR) is 125 cm³/mol. The zero-order chi connectivity index (χ0) is 26.5. The number of aliphatic hydroxyl groups is 1. The average Bonchev–Trinajstić information content (AvgIpc) is 2.80. The quantitative estimate of drug-likeness (QED) is 0.271. The molecule has 2 rings (SSSR count). The van der Waals surface area contributed by atoms with Gasteiger partial charge in [0.15, 0.2) is 11.5 Å². The normalized spacial score (nSPS) is 27.4. The molecule has 1 aromatic rings. The highest BCUT2D eigenvalue weighted by Gasteiger charge is 2.44. The highest BCUT2D eigenvalue weighted by molar-refractivity contribution is 5.94. The Hall–Kier alpha value is -3.38. The van der Waals surface area contributed by atoms with Crippen LogP contribution in [0.4, 0.5) is 0 Å². The fraction of sp³-hybridized carbons (Fsp3) is 0.565. The second kappa shape index (κ2) is 11.4. The van der Waals surface area contributed by atoms with E-state index in [0.717, 1.165) is 0 Å². The fourth-order valence-electron chi connectivity index (χ4n) is 3.78. The van der Waals surface area contributed by atoms with Crippen molar-refractivity contribution in [2.75, 3.05) is 13.6 Å². The maximum absolute atomic E-state index is 13.3. The van der Waals surface area contributed by atoms with Gasteiger partial charge >= 0.3 is 5.97 Å². The van der Waals surface area contributed by atoms with Crippen LogP contribution in [0.25, 0.3) is 0 Å². The summed E-state index contributed by atoms with van der Waals surface area (Å²) in [7, 11) is 1.48. The first kappa shape index (κ1) is 27.9. The summed E-state index contributed by atoms with van der Waals surface area (Å²) < 4.78 is 6.05. The van der Waals surface area contributed by atoms with Gasteiger partial charge in [0.05, 0.1) is 0 Å². The van der Waals surface area contributed by atoms with Crippen molar-refractivity contribution in [3.63, 3.8) is 0 Å². The van der Waals surface area contributed by atoms with Crippen LogP contribution in [0.1, 0.15) is 45.8 Å². The Labute approximate surface area is 203 Å². The van der Waals surface area contributed by atoms with Gasteiger partial charge in [-0.15, -0.1) is 0 Å². The van der Waals surface area contributed by atoms with Gasteiger partial charge < -0.3 is 41.3 Å². The van der Waals surface area contributed by atoms with Crippen LogP contribution in [0.5, 0.6) is 11.5 Å². The van der Waals surface area contributed by atoms with E-state index >= 15 is 0 Å². The Kier molecular flexibility index (Phi) is 9.05. The standard InChI is InChI=1S/C23H34N4O8/c1-6-23(4)19(22(34)25-10-15(29)30)27-20(32)16(11(2)3)26-21(33)17(24-5)18(31)12-7-8-13(28)14(9-12)35-23/h7-9,11,16-19,24,28,31H,6,10H2,1-5H3,(H,25,34)(H,26,33)(H,27,32)(H,29,30)/t16-,17-,18+,19+,23-/m0/s1. The van der Waals surface area contributed by atoms with E-state index in [-0.39, 0.29) is 23.5 Å². The number of aliphatic hydroxyl groups excluding tert-OH is 1. The summed E-state index contributed by atoms with van der Waals surface area (Å²) in [6.07, 6.45) is -1.20. The molecule has 194 valence electrons. The van der Waals surface area contributed by atoms with Gasteiger partial charge in [-0.1, -0.05) is 26.8 Å². The number of aliphatic carboxylic acids is 1. The third-order valence-electron chi connectivity index (χ3n) is 6.10. The van der Waals surface area contributed by atoms with Crippen LogP contribution in [-0.2, 0) is 19.2 Å². The molecule has 12 heteroatoms. The van der Waals surface area contributed by atoms with E-state index in [2.05, 4.69) is 21.3 Å². The summed E-state index contributed by atoms with van der Waals surface area (Å²) in [5.41, 5.74) is -1.21. The first-order valence-corrected chi connectivity index (χ1v) is 11.3. The number of hydrogen-bond donors (Lipinski definition) is 7. The number of nitrogens with one attached hydrogen (secondary N) is 4. The van der Waals surface area contributed by atoms with Gasteiger partial charge in [-0.25, -0.2) is 0 Å². The smallest absolute Gasteiger partial charge is 0.322 e. The molecule has 1 aliphatic rings. The van der Waals surface area contributed by atoms with Gasteiger partial charge in [0.25, 0.3) is 0 Å². The zero-order valence-corrected chi connectivity index (χ0v) is 20.4. The lowest BCUT2D eigenvalue weighted by atomic mass is 9.91. The van der Waals surface area contributed by atoms with Crippen LogP contribution in [0.3, 0.4) is 0 Å². The van der Waals surface area contributed by atoms with Crippen LogP contribution >= 0.6 is 0 Å². The molecule has 35 heavy (non-hydrogen) atoms. The lowest BCUT2D eigenvalue weighted by Crippen LogP contribution is -2.65. The van der Waals surface area contributed by atoms with Crippen LogP contribution in [0, 0.1) is 5.92 Å². The minimum absolute atomic E-state index is 0.0916. The maximum atomic E-state index is 13.3. The second-order valence-corrected chi connectivity index (χ2v) is 8.99. The van der Waals surface area contributed by atoms with Crippen molar-refractivity contribution in [2.24, 2.45) is 5.92 Å². The largest absolute Gasteiger partial charge is 0.504 e. The van der Waals surface area contributed by atoms with Gasteiger partial charge in [0.1, 0.15) is 36.4 Å². The minimum Gasteiger partial charge on any atom is -0.504 e. The maximum Gasteiger partial charge on any atom is 0.322 e. The Morgan fingerprint density at radius 1 is 1.20 bits per heavy atom. The van der Waals surface area contributed by atoms with Crippen LogP contribution in [0.2, 0.25) is 0 Å². The Balaban J connectivity index is 2.67. The van der Waals surface area contributed by atoms with Crippen LogP contribution < -0.4 is 26.0 Å². The molecule has 7 N–H and O–H groups in total. The zero-order valence-electron chi connectivity index (χ0n) is 20.4.